The molecule has 0 aromatic heterocycles. The zero-order chi connectivity index (χ0) is 38.0. The molecule has 6 rings (SSSR count). The molecule has 4 heterocycles. The minimum Gasteiger partial charge on any atom is -0.381 e. The molecule has 5 amide bonds. The van der Waals surface area contributed by atoms with Crippen molar-refractivity contribution in [3.8, 4) is 0 Å². The van der Waals surface area contributed by atoms with Crippen LogP contribution in [0.15, 0.2) is 48.5 Å². The minimum atomic E-state index is -0.187. The molecule has 0 radical (unpaired) electrons. The molecule has 13 nitrogen and oxygen atoms in total. The molecule has 1 atom stereocenters. The summed E-state index contributed by atoms with van der Waals surface area (Å²) in [6.07, 6.45) is 7.22. The first-order chi connectivity index (χ1) is 25.2. The molecule has 53 heavy (non-hydrogen) atoms. The molecule has 0 bridgehead atoms. The predicted octanol–water partition coefficient (Wildman–Crippen LogP) is 6.53. The topological polar surface area (TPSA) is 167 Å². The number of urea groups is 2. The summed E-state index contributed by atoms with van der Waals surface area (Å²) in [5, 5.41) is 15.2. The Bertz CT molecular complexity index is 1320. The van der Waals surface area contributed by atoms with Crippen molar-refractivity contribution in [2.75, 3.05) is 68.6 Å². The first-order valence-corrected chi connectivity index (χ1v) is 18.8. The quantitative estimate of drug-likeness (QED) is 0.214. The maximum atomic E-state index is 12.3. The lowest BCUT2D eigenvalue weighted by atomic mass is 10.0. The monoisotopic (exact) mass is 783 g/mol. The number of carbonyl (C=O) groups excluding carboxylic acids is 5. The SMILES string of the molecule is C.C1CCOC1.Cc1ccc(NC(=O)NC2CCN(C(=O)[C@@H]3CCOC3)CC2)cc1.Cc1ccc(NC(=O)NC2CCNCC2)cc1.ClCCl.O=C=O.[2HH]. The Kier molecular flexibility index (Phi) is 25.7. The van der Waals surface area contributed by atoms with Crippen LogP contribution in [0, 0.1) is 19.8 Å². The molecule has 0 saturated carbocycles. The first-order valence-electron chi connectivity index (χ1n) is 17.7. The number of rotatable bonds is 5. The fourth-order valence-electron chi connectivity index (χ4n) is 5.69. The van der Waals surface area contributed by atoms with Crippen molar-refractivity contribution in [3.63, 3.8) is 0 Å². The molecule has 4 aliphatic heterocycles. The van der Waals surface area contributed by atoms with E-state index in [2.05, 4.69) is 26.6 Å². The molecule has 15 heteroatoms. The Hall–Kier alpha value is -3.71. The summed E-state index contributed by atoms with van der Waals surface area (Å²) in [4.78, 5) is 54.3. The number of hydrogen-bond donors (Lipinski definition) is 5. The van der Waals surface area contributed by atoms with E-state index in [9.17, 15) is 14.4 Å². The Morgan fingerprint density at radius 2 is 1.19 bits per heavy atom. The summed E-state index contributed by atoms with van der Waals surface area (Å²) in [5.74, 6) is 0.231. The number of halogens is 2. The van der Waals surface area contributed by atoms with E-state index in [1.54, 1.807) is 0 Å². The first kappa shape index (κ1) is 47.3. The molecule has 0 aliphatic carbocycles. The van der Waals surface area contributed by atoms with Crippen LogP contribution in [0.2, 0.25) is 0 Å². The zero-order valence-electron chi connectivity index (χ0n) is 30.2. The van der Waals surface area contributed by atoms with Gasteiger partial charge in [0.05, 0.1) is 17.9 Å². The van der Waals surface area contributed by atoms with Crippen LogP contribution in [0.3, 0.4) is 0 Å². The van der Waals surface area contributed by atoms with Crippen LogP contribution in [-0.2, 0) is 23.9 Å². The Morgan fingerprint density at radius 1 is 0.755 bits per heavy atom. The zero-order valence-corrected chi connectivity index (χ0v) is 31.7. The van der Waals surface area contributed by atoms with Crippen molar-refractivity contribution in [1.82, 2.24) is 20.9 Å². The molecule has 2 aromatic rings. The maximum Gasteiger partial charge on any atom is 0.373 e. The standard InChI is InChI=1S/C18H25N3O3.C13H19N3O.C4H8O.CH2Cl2.CO2.CH4.H2/c1-13-2-4-15(5-3-13)19-18(23)20-16-6-9-21(10-7-16)17(22)14-8-11-24-12-14;1-10-2-4-11(5-3-10)15-13(17)16-12-6-8-14-9-7-12;1-2-4-5-3-1;2*2-1-3;;/h2-5,14,16H,6-12H2,1H3,(H2,19,20,23);2-5,12,14H,6-9H2,1H3,(H2,15,16,17);1-4H2;1H2;;1H4;1H/t14-;;;;;;/m1....../s1/i;;;;;;1+1. The number of ether oxygens (including phenoxy) is 2. The second-order valence-electron chi connectivity index (χ2n) is 12.6. The lowest BCUT2D eigenvalue weighted by molar-refractivity contribution is -0.191. The number of hydrogen-bond acceptors (Lipinski definition) is 8. The normalized spacial score (nSPS) is 17.8. The van der Waals surface area contributed by atoms with E-state index in [0.717, 1.165) is 75.3 Å². The van der Waals surface area contributed by atoms with Gasteiger partial charge in [0.1, 0.15) is 0 Å². The number of amides is 5. The second kappa shape index (κ2) is 28.7. The van der Waals surface area contributed by atoms with Crippen molar-refractivity contribution in [2.24, 2.45) is 5.92 Å². The average molecular weight is 785 g/mol. The summed E-state index contributed by atoms with van der Waals surface area (Å²) in [6.45, 7) is 10.6. The van der Waals surface area contributed by atoms with E-state index < -0.39 is 0 Å². The van der Waals surface area contributed by atoms with E-state index in [4.69, 9.17) is 42.3 Å². The highest BCUT2D eigenvalue weighted by Gasteiger charge is 2.31. The van der Waals surface area contributed by atoms with Crippen LogP contribution >= 0.6 is 23.2 Å². The molecule has 0 unspecified atom stereocenters. The summed E-state index contributed by atoms with van der Waals surface area (Å²) in [7, 11) is 0. The fraction of sp³-hybridized carbons (Fsp3) is 0.579. The van der Waals surface area contributed by atoms with Crippen molar-refractivity contribution in [2.45, 2.75) is 78.3 Å². The highest BCUT2D eigenvalue weighted by atomic mass is 35.5. The third-order valence-electron chi connectivity index (χ3n) is 8.54. The summed E-state index contributed by atoms with van der Waals surface area (Å²) in [5.41, 5.74) is 3.97. The largest absolute Gasteiger partial charge is 0.381 e. The van der Waals surface area contributed by atoms with Crippen LogP contribution < -0.4 is 26.6 Å². The minimum absolute atomic E-state index is 0. The van der Waals surface area contributed by atoms with Gasteiger partial charge in [0, 0.05) is 57.8 Å². The van der Waals surface area contributed by atoms with Crippen molar-refractivity contribution >= 4 is 58.7 Å². The molecule has 5 N–H and O–H groups in total. The van der Waals surface area contributed by atoms with Crippen LogP contribution in [-0.4, -0.2) is 99.1 Å². The highest BCUT2D eigenvalue weighted by Crippen LogP contribution is 2.19. The van der Waals surface area contributed by atoms with Gasteiger partial charge in [-0.3, -0.25) is 4.79 Å². The van der Waals surface area contributed by atoms with Gasteiger partial charge in [-0.2, -0.15) is 9.59 Å². The van der Waals surface area contributed by atoms with Crippen molar-refractivity contribution < 1.29 is 34.9 Å². The van der Waals surface area contributed by atoms with Gasteiger partial charge < -0.3 is 41.0 Å². The lowest BCUT2D eigenvalue weighted by Gasteiger charge is -2.33. The van der Waals surface area contributed by atoms with E-state index in [1.807, 2.05) is 67.3 Å². The Balaban J connectivity index is 0.000000813. The molecular weight excluding hydrogens is 723 g/mol. The van der Waals surface area contributed by atoms with Crippen LogP contribution in [0.5, 0.6) is 0 Å². The second-order valence-corrected chi connectivity index (χ2v) is 13.4. The fourth-order valence-corrected chi connectivity index (χ4v) is 5.69. The Labute approximate surface area is 326 Å². The van der Waals surface area contributed by atoms with Gasteiger partial charge in [0.25, 0.3) is 0 Å². The lowest BCUT2D eigenvalue weighted by Crippen LogP contribution is -2.49. The number of piperidine rings is 2. The summed E-state index contributed by atoms with van der Waals surface area (Å²) >= 11 is 9.53. The van der Waals surface area contributed by atoms with Crippen molar-refractivity contribution in [1.29, 1.82) is 0 Å². The van der Waals surface area contributed by atoms with Gasteiger partial charge in [-0.1, -0.05) is 42.8 Å². The van der Waals surface area contributed by atoms with Gasteiger partial charge in [0.2, 0.25) is 5.91 Å². The molecule has 4 aliphatic rings. The summed E-state index contributed by atoms with van der Waals surface area (Å²) < 4.78 is 10.2. The molecule has 298 valence electrons. The van der Waals surface area contributed by atoms with Gasteiger partial charge in [-0.05, 0) is 96.1 Å². The Morgan fingerprint density at radius 3 is 1.57 bits per heavy atom. The van der Waals surface area contributed by atoms with Crippen molar-refractivity contribution in [3.05, 3.63) is 59.7 Å². The number of alkyl halides is 2. The van der Waals surface area contributed by atoms with Gasteiger partial charge in [-0.15, -0.1) is 23.2 Å². The third kappa shape index (κ3) is 20.9. The summed E-state index contributed by atoms with van der Waals surface area (Å²) in [6, 6.07) is 15.6. The predicted molar refractivity (Wildman–Crippen MR) is 212 cm³/mol. The van der Waals surface area contributed by atoms with E-state index >= 15 is 0 Å². The number of nitrogens with one attached hydrogen (secondary N) is 5. The van der Waals surface area contributed by atoms with Crippen LogP contribution in [0.4, 0.5) is 21.0 Å². The molecule has 2 aromatic carbocycles. The number of aryl methyl sites for hydroxylation is 2. The molecule has 4 fully saturated rings. The highest BCUT2D eigenvalue weighted by molar-refractivity contribution is 6.40. The van der Waals surface area contributed by atoms with Gasteiger partial charge in [0.15, 0.2) is 0 Å². The van der Waals surface area contributed by atoms with E-state index in [1.165, 1.54) is 18.4 Å². The maximum absolute atomic E-state index is 12.3. The third-order valence-corrected chi connectivity index (χ3v) is 8.54. The van der Waals surface area contributed by atoms with E-state index in [0.29, 0.717) is 32.3 Å². The van der Waals surface area contributed by atoms with Crippen LogP contribution in [0.25, 0.3) is 0 Å². The molecular formula is C38H60Cl2N6O7. The van der Waals surface area contributed by atoms with Crippen LogP contribution in [0.1, 0.15) is 64.9 Å². The van der Waals surface area contributed by atoms with Gasteiger partial charge in [-0.25, -0.2) is 9.59 Å². The molecule has 0 spiro atoms. The number of nitrogens with zero attached hydrogens (tertiary/aromatic N) is 1. The number of anilines is 2. The number of likely N-dealkylation sites (tertiary alicyclic amines) is 1. The smallest absolute Gasteiger partial charge is 0.373 e. The molecule has 4 saturated heterocycles. The van der Waals surface area contributed by atoms with Gasteiger partial charge >= 0.3 is 18.2 Å². The number of carbonyl (C=O) groups is 3. The average Bonchev–Trinajstić information content (AvgIpc) is 3.91. The number of benzene rings is 2. The van der Waals surface area contributed by atoms with E-state index in [-0.39, 0.29) is 50.3 Å².